The molecule has 27 heavy (non-hydrogen) atoms. The SMILES string of the molecule is COc1ccc2oc(OC(=O)N[C@@H]3CCCC[C@@H]3C(=O)N(C)C#N)cc2c1. The third-order valence-electron chi connectivity index (χ3n) is 4.76. The summed E-state index contributed by atoms with van der Waals surface area (Å²) in [6, 6.07) is 6.48. The van der Waals surface area contributed by atoms with Crippen LogP contribution in [-0.2, 0) is 4.79 Å². The number of amides is 2. The van der Waals surface area contributed by atoms with Crippen molar-refractivity contribution in [3.63, 3.8) is 0 Å². The molecule has 0 unspecified atom stereocenters. The molecule has 2 atom stereocenters. The van der Waals surface area contributed by atoms with Gasteiger partial charge in [0.25, 0.3) is 5.95 Å². The number of carbonyl (C=O) groups excluding carboxylic acids is 2. The van der Waals surface area contributed by atoms with Crippen molar-refractivity contribution < 1.29 is 23.5 Å². The topological polar surface area (TPSA) is 105 Å². The molecular formula is C19H21N3O5. The molecule has 8 nitrogen and oxygen atoms in total. The standard InChI is InChI=1S/C19H21N3O5/c1-22(11-20)18(23)14-5-3-4-6-15(14)21-19(24)27-17-10-12-9-13(25-2)7-8-16(12)26-17/h7-10,14-15H,3-6H2,1-2H3,(H,21,24)/t14-,15+/m0/s1. The van der Waals surface area contributed by atoms with Crippen LogP contribution in [0.4, 0.5) is 4.79 Å². The number of carbonyl (C=O) groups is 2. The van der Waals surface area contributed by atoms with Crippen LogP contribution in [0.25, 0.3) is 11.0 Å². The molecular weight excluding hydrogens is 350 g/mol. The zero-order valence-corrected chi connectivity index (χ0v) is 15.2. The zero-order chi connectivity index (χ0) is 19.4. The number of ether oxygens (including phenoxy) is 2. The smallest absolute Gasteiger partial charge is 0.415 e. The number of methoxy groups -OCH3 is 1. The van der Waals surface area contributed by atoms with Crippen LogP contribution in [0.5, 0.6) is 11.7 Å². The molecule has 0 saturated heterocycles. The van der Waals surface area contributed by atoms with E-state index in [9.17, 15) is 9.59 Å². The van der Waals surface area contributed by atoms with Crippen LogP contribution in [0, 0.1) is 17.4 Å². The lowest BCUT2D eigenvalue weighted by atomic mass is 9.83. The number of nitriles is 1. The second-order valence-electron chi connectivity index (χ2n) is 6.50. The molecule has 8 heteroatoms. The molecule has 2 aromatic rings. The first kappa shape index (κ1) is 18.6. The van der Waals surface area contributed by atoms with Gasteiger partial charge in [0, 0.05) is 24.5 Å². The first-order valence-corrected chi connectivity index (χ1v) is 8.75. The minimum absolute atomic E-state index is 0.0589. The molecule has 1 heterocycles. The van der Waals surface area contributed by atoms with Crippen LogP contribution in [0.1, 0.15) is 25.7 Å². The lowest BCUT2D eigenvalue weighted by Crippen LogP contribution is -2.48. The van der Waals surface area contributed by atoms with Crippen molar-refractivity contribution in [1.29, 1.82) is 5.26 Å². The minimum Gasteiger partial charge on any atom is -0.497 e. The van der Waals surface area contributed by atoms with Crippen LogP contribution < -0.4 is 14.8 Å². The number of nitrogens with one attached hydrogen (secondary N) is 1. The summed E-state index contributed by atoms with van der Waals surface area (Å²) in [4.78, 5) is 25.6. The van der Waals surface area contributed by atoms with Gasteiger partial charge in [-0.15, -0.1) is 0 Å². The monoisotopic (exact) mass is 371 g/mol. The number of hydrogen-bond donors (Lipinski definition) is 1. The summed E-state index contributed by atoms with van der Waals surface area (Å²) >= 11 is 0. The van der Waals surface area contributed by atoms with E-state index < -0.39 is 12.0 Å². The van der Waals surface area contributed by atoms with Crippen LogP contribution in [0.15, 0.2) is 28.7 Å². The summed E-state index contributed by atoms with van der Waals surface area (Å²) in [5, 5.41) is 12.4. The molecule has 0 radical (unpaired) electrons. The highest BCUT2D eigenvalue weighted by atomic mass is 16.6. The summed E-state index contributed by atoms with van der Waals surface area (Å²) in [5.41, 5.74) is 0.569. The molecule has 1 aromatic heterocycles. The summed E-state index contributed by atoms with van der Waals surface area (Å²) in [7, 11) is 2.99. The second kappa shape index (κ2) is 7.99. The highest BCUT2D eigenvalue weighted by molar-refractivity contribution is 5.83. The predicted octanol–water partition coefficient (Wildman–Crippen LogP) is 3.03. The third-order valence-corrected chi connectivity index (χ3v) is 4.76. The van der Waals surface area contributed by atoms with Crippen molar-refractivity contribution in [2.75, 3.05) is 14.2 Å². The molecule has 0 bridgehead atoms. The van der Waals surface area contributed by atoms with E-state index in [1.54, 1.807) is 31.4 Å². The molecule has 1 aromatic carbocycles. The van der Waals surface area contributed by atoms with E-state index in [0.717, 1.165) is 23.1 Å². The molecule has 3 rings (SSSR count). The van der Waals surface area contributed by atoms with Crippen LogP contribution in [-0.4, -0.2) is 37.1 Å². The third kappa shape index (κ3) is 4.14. The van der Waals surface area contributed by atoms with Crippen LogP contribution in [0.2, 0.25) is 0 Å². The lowest BCUT2D eigenvalue weighted by Gasteiger charge is -2.31. The Kier molecular flexibility index (Phi) is 5.50. The van der Waals surface area contributed by atoms with E-state index in [4.69, 9.17) is 19.2 Å². The minimum atomic E-state index is -0.690. The molecule has 1 N–H and O–H groups in total. The number of benzene rings is 1. The molecule has 0 spiro atoms. The van der Waals surface area contributed by atoms with Crippen LogP contribution >= 0.6 is 0 Å². The van der Waals surface area contributed by atoms with Crippen molar-refractivity contribution >= 4 is 23.0 Å². The van der Waals surface area contributed by atoms with E-state index in [-0.39, 0.29) is 17.9 Å². The van der Waals surface area contributed by atoms with E-state index in [1.807, 2.05) is 6.19 Å². The Morgan fingerprint density at radius 2 is 2.07 bits per heavy atom. The molecule has 0 aliphatic heterocycles. The Bertz CT molecular complexity index is 885. The van der Waals surface area contributed by atoms with Crippen molar-refractivity contribution in [2.24, 2.45) is 5.92 Å². The van der Waals surface area contributed by atoms with Gasteiger partial charge in [-0.1, -0.05) is 12.8 Å². The van der Waals surface area contributed by atoms with E-state index in [0.29, 0.717) is 24.2 Å². The molecule has 142 valence electrons. The molecule has 2 amide bonds. The maximum atomic E-state index is 12.3. The Morgan fingerprint density at radius 1 is 1.30 bits per heavy atom. The Balaban J connectivity index is 1.67. The maximum absolute atomic E-state index is 12.3. The number of hydrogen-bond acceptors (Lipinski definition) is 6. The van der Waals surface area contributed by atoms with Gasteiger partial charge >= 0.3 is 6.09 Å². The Morgan fingerprint density at radius 3 is 2.81 bits per heavy atom. The van der Waals surface area contributed by atoms with Crippen LogP contribution in [0.3, 0.4) is 0 Å². The van der Waals surface area contributed by atoms with Gasteiger partial charge in [-0.05, 0) is 31.0 Å². The highest BCUT2D eigenvalue weighted by Crippen LogP contribution is 2.29. The van der Waals surface area contributed by atoms with E-state index in [2.05, 4.69) is 5.32 Å². The Labute approximate surface area is 156 Å². The summed E-state index contributed by atoms with van der Waals surface area (Å²) < 4.78 is 15.9. The van der Waals surface area contributed by atoms with Gasteiger partial charge in [-0.3, -0.25) is 9.69 Å². The number of rotatable bonds is 4. The van der Waals surface area contributed by atoms with Gasteiger partial charge in [0.2, 0.25) is 5.91 Å². The molecule has 1 aliphatic carbocycles. The average molecular weight is 371 g/mol. The van der Waals surface area contributed by atoms with E-state index in [1.165, 1.54) is 7.05 Å². The van der Waals surface area contributed by atoms with Crippen molar-refractivity contribution in [1.82, 2.24) is 10.2 Å². The zero-order valence-electron chi connectivity index (χ0n) is 15.2. The van der Waals surface area contributed by atoms with Crippen molar-refractivity contribution in [2.45, 2.75) is 31.7 Å². The van der Waals surface area contributed by atoms with Gasteiger partial charge in [0.05, 0.1) is 13.0 Å². The van der Waals surface area contributed by atoms with Gasteiger partial charge in [0.15, 0.2) is 6.19 Å². The fourth-order valence-corrected chi connectivity index (χ4v) is 3.34. The maximum Gasteiger partial charge on any atom is 0.415 e. The number of fused-ring (bicyclic) bond motifs is 1. The number of furan rings is 1. The second-order valence-corrected chi connectivity index (χ2v) is 6.50. The van der Waals surface area contributed by atoms with E-state index >= 15 is 0 Å². The average Bonchev–Trinajstić information content (AvgIpc) is 3.08. The van der Waals surface area contributed by atoms with Crippen molar-refractivity contribution in [3.05, 3.63) is 24.3 Å². The van der Waals surface area contributed by atoms with Gasteiger partial charge in [-0.2, -0.15) is 5.26 Å². The summed E-state index contributed by atoms with van der Waals surface area (Å²) in [6.07, 6.45) is 4.19. The lowest BCUT2D eigenvalue weighted by molar-refractivity contribution is -0.133. The molecule has 1 fully saturated rings. The normalized spacial score (nSPS) is 19.1. The van der Waals surface area contributed by atoms with Gasteiger partial charge in [-0.25, -0.2) is 4.79 Å². The largest absolute Gasteiger partial charge is 0.497 e. The molecule has 1 aliphatic rings. The number of nitrogens with zero attached hydrogens (tertiary/aromatic N) is 2. The summed E-state index contributed by atoms with van der Waals surface area (Å²) in [6.45, 7) is 0. The first-order chi connectivity index (χ1) is 13.0. The van der Waals surface area contributed by atoms with Crippen molar-refractivity contribution in [3.8, 4) is 17.9 Å². The predicted molar refractivity (Wildman–Crippen MR) is 96.1 cm³/mol. The summed E-state index contributed by atoms with van der Waals surface area (Å²) in [5.74, 6) is 0.00210. The molecule has 1 saturated carbocycles. The Hall–Kier alpha value is -3.21. The fraction of sp³-hybridized carbons (Fsp3) is 0.421. The fourth-order valence-electron chi connectivity index (χ4n) is 3.34. The van der Waals surface area contributed by atoms with Gasteiger partial charge in [0.1, 0.15) is 11.3 Å². The quantitative estimate of drug-likeness (QED) is 0.654. The van der Waals surface area contributed by atoms with Gasteiger partial charge < -0.3 is 19.2 Å². The highest BCUT2D eigenvalue weighted by Gasteiger charge is 2.34. The first-order valence-electron chi connectivity index (χ1n) is 8.75.